The highest BCUT2D eigenvalue weighted by atomic mass is 35.6. The number of amides is 1. The highest BCUT2D eigenvalue weighted by molar-refractivity contribution is 6.76. The van der Waals surface area contributed by atoms with Crippen molar-refractivity contribution < 1.29 is 23.7 Å². The fourth-order valence-corrected chi connectivity index (χ4v) is 6.88. The van der Waals surface area contributed by atoms with Crippen LogP contribution >= 0.6 is 34.8 Å². The Morgan fingerprint density at radius 2 is 1.15 bits per heavy atom. The summed E-state index contributed by atoms with van der Waals surface area (Å²) in [5.41, 5.74) is 15.2. The van der Waals surface area contributed by atoms with E-state index in [1.165, 1.54) is 0 Å². The van der Waals surface area contributed by atoms with Crippen molar-refractivity contribution in [1.29, 1.82) is 0 Å². The molecular weight excluding hydrogens is 759 g/mol. The average Bonchev–Trinajstić information content (AvgIpc) is 3.20. The van der Waals surface area contributed by atoms with Gasteiger partial charge in [-0.3, -0.25) is 4.79 Å². The third-order valence-electron chi connectivity index (χ3n) is 9.52. The van der Waals surface area contributed by atoms with Gasteiger partial charge in [0, 0.05) is 4.91 Å². The zero-order chi connectivity index (χ0) is 38.8. The van der Waals surface area contributed by atoms with Crippen molar-refractivity contribution in [2.75, 3.05) is 6.61 Å². The van der Waals surface area contributed by atoms with Crippen LogP contribution < -0.4 is 5.32 Å². The van der Waals surface area contributed by atoms with Gasteiger partial charge in [-0.2, -0.15) is 0 Å². The van der Waals surface area contributed by atoms with E-state index in [4.69, 9.17) is 53.8 Å². The first-order chi connectivity index (χ1) is 26.6. The maximum Gasteiger partial charge on any atom is 0.272 e. The van der Waals surface area contributed by atoms with Crippen LogP contribution in [0.1, 0.15) is 38.9 Å². The molecule has 1 saturated heterocycles. The third-order valence-corrected chi connectivity index (χ3v) is 10.0. The second kappa shape index (κ2) is 18.5. The number of nitrogens with zero attached hydrogens (tertiary/aromatic N) is 3. The summed E-state index contributed by atoms with van der Waals surface area (Å²) < 4.78 is 24.8. The van der Waals surface area contributed by atoms with E-state index in [9.17, 15) is 10.3 Å². The molecule has 0 aliphatic carbocycles. The standard InChI is InChI=1S/C43H41Cl3N4O5/c1-29-18-22-31(23-19-29)26-52-38-36(28-54-42(33-12-6-3-7-13-33,34-14-8-4-9-15-34)35-16-10-5-11-17-35)55-40(49-50-47)37(48-41(51)43(44,45)46)39(38)53-27-32-24-20-30(2)21-25-32/h3-25,36-40H,26-28H2,1-2H3,(H,48,51)/t36-,37-,38-,39-,40-/m1/s1. The summed E-state index contributed by atoms with van der Waals surface area (Å²) in [7, 11) is 0. The van der Waals surface area contributed by atoms with Crippen LogP contribution in [-0.2, 0) is 42.6 Å². The lowest BCUT2D eigenvalue weighted by Gasteiger charge is -2.46. The quantitative estimate of drug-likeness (QED) is 0.0395. The molecule has 1 heterocycles. The number of carbonyl (C=O) groups excluding carboxylic acids is 1. The molecule has 55 heavy (non-hydrogen) atoms. The minimum atomic E-state index is -2.33. The van der Waals surface area contributed by atoms with Crippen LogP contribution in [0.5, 0.6) is 0 Å². The van der Waals surface area contributed by atoms with E-state index in [1.54, 1.807) is 0 Å². The molecule has 6 rings (SSSR count). The summed E-state index contributed by atoms with van der Waals surface area (Å²) in [6.45, 7) is 4.22. The maximum atomic E-state index is 13.2. The van der Waals surface area contributed by atoms with Gasteiger partial charge in [-0.1, -0.05) is 191 Å². The van der Waals surface area contributed by atoms with Crippen molar-refractivity contribution in [1.82, 2.24) is 5.32 Å². The molecule has 12 heteroatoms. The van der Waals surface area contributed by atoms with Crippen LogP contribution in [0, 0.1) is 13.8 Å². The molecule has 9 nitrogen and oxygen atoms in total. The average molecular weight is 800 g/mol. The van der Waals surface area contributed by atoms with E-state index in [0.717, 1.165) is 38.9 Å². The first-order valence-electron chi connectivity index (χ1n) is 17.8. The first kappa shape index (κ1) is 40.3. The fourth-order valence-electron chi connectivity index (χ4n) is 6.72. The van der Waals surface area contributed by atoms with Gasteiger partial charge in [0.15, 0.2) is 6.23 Å². The van der Waals surface area contributed by atoms with Gasteiger partial charge in [0.2, 0.25) is 0 Å². The predicted molar refractivity (Wildman–Crippen MR) is 215 cm³/mol. The Balaban J connectivity index is 1.45. The number of hydrogen-bond acceptors (Lipinski definition) is 6. The van der Waals surface area contributed by atoms with Crippen molar-refractivity contribution in [2.45, 2.75) is 67.0 Å². The lowest BCUT2D eigenvalue weighted by Crippen LogP contribution is -2.66. The van der Waals surface area contributed by atoms with Gasteiger partial charge in [0.25, 0.3) is 9.70 Å². The van der Waals surface area contributed by atoms with E-state index >= 15 is 0 Å². The normalized spacial score (nSPS) is 20.0. The number of ether oxygens (including phenoxy) is 4. The number of nitrogens with one attached hydrogen (secondary N) is 1. The molecule has 1 amide bonds. The summed E-state index contributed by atoms with van der Waals surface area (Å²) in [6.07, 6.45) is -4.10. The molecule has 1 aliphatic rings. The van der Waals surface area contributed by atoms with Crippen molar-refractivity contribution in [3.8, 4) is 0 Å². The number of azide groups is 1. The van der Waals surface area contributed by atoms with Crippen molar-refractivity contribution in [3.63, 3.8) is 0 Å². The number of alkyl halides is 3. The monoisotopic (exact) mass is 798 g/mol. The first-order valence-corrected chi connectivity index (χ1v) is 18.9. The maximum absolute atomic E-state index is 13.2. The molecule has 5 aromatic rings. The smallest absolute Gasteiger partial charge is 0.272 e. The number of benzene rings is 5. The highest BCUT2D eigenvalue weighted by Gasteiger charge is 2.50. The summed E-state index contributed by atoms with van der Waals surface area (Å²) >= 11 is 18.1. The number of halogens is 3. The lowest BCUT2D eigenvalue weighted by molar-refractivity contribution is -0.235. The summed E-state index contributed by atoms with van der Waals surface area (Å²) in [6, 6.07) is 44.4. The zero-order valence-corrected chi connectivity index (χ0v) is 32.6. The Bertz CT molecular complexity index is 1930. The zero-order valence-electron chi connectivity index (χ0n) is 30.3. The van der Waals surface area contributed by atoms with Crippen LogP contribution in [-0.4, -0.2) is 46.9 Å². The molecule has 0 saturated carbocycles. The van der Waals surface area contributed by atoms with E-state index in [2.05, 4.69) is 15.3 Å². The van der Waals surface area contributed by atoms with Crippen LogP contribution in [0.3, 0.4) is 0 Å². The molecule has 5 aromatic carbocycles. The van der Waals surface area contributed by atoms with E-state index in [-0.39, 0.29) is 19.8 Å². The van der Waals surface area contributed by atoms with Gasteiger partial charge in [-0.15, -0.1) is 0 Å². The largest absolute Gasteiger partial charge is 0.368 e. The molecule has 5 atom stereocenters. The van der Waals surface area contributed by atoms with Gasteiger partial charge >= 0.3 is 0 Å². The van der Waals surface area contributed by atoms with Gasteiger partial charge < -0.3 is 24.3 Å². The van der Waals surface area contributed by atoms with Crippen LogP contribution in [0.25, 0.3) is 10.4 Å². The number of rotatable bonds is 14. The number of hydrogen-bond donors (Lipinski definition) is 1. The van der Waals surface area contributed by atoms with E-state index < -0.39 is 45.9 Å². The lowest BCUT2D eigenvalue weighted by atomic mass is 9.80. The molecular formula is C43H41Cl3N4O5. The summed E-state index contributed by atoms with van der Waals surface area (Å²) in [4.78, 5) is 16.3. The van der Waals surface area contributed by atoms with Gasteiger partial charge in [0.05, 0.1) is 25.9 Å². The molecule has 1 aliphatic heterocycles. The van der Waals surface area contributed by atoms with E-state index in [1.807, 2.05) is 153 Å². The summed E-state index contributed by atoms with van der Waals surface area (Å²) in [5.74, 6) is -0.948. The topological polar surface area (TPSA) is 115 Å². The van der Waals surface area contributed by atoms with Gasteiger partial charge in [-0.25, -0.2) is 0 Å². The van der Waals surface area contributed by atoms with Crippen LogP contribution in [0.15, 0.2) is 145 Å². The molecule has 0 bridgehead atoms. The summed E-state index contributed by atoms with van der Waals surface area (Å²) in [5, 5.41) is 6.70. The predicted octanol–water partition coefficient (Wildman–Crippen LogP) is 9.67. The molecule has 0 spiro atoms. The van der Waals surface area contributed by atoms with Crippen molar-refractivity contribution in [2.24, 2.45) is 5.11 Å². The molecule has 1 N–H and O–H groups in total. The third kappa shape index (κ3) is 9.89. The minimum Gasteiger partial charge on any atom is -0.368 e. The Hall–Kier alpha value is -4.41. The van der Waals surface area contributed by atoms with Crippen molar-refractivity contribution in [3.05, 3.63) is 189 Å². The Labute approximate surface area is 336 Å². The van der Waals surface area contributed by atoms with Gasteiger partial charge in [0.1, 0.15) is 23.9 Å². The Morgan fingerprint density at radius 1 is 0.709 bits per heavy atom. The van der Waals surface area contributed by atoms with Crippen LogP contribution in [0.4, 0.5) is 0 Å². The van der Waals surface area contributed by atoms with Crippen molar-refractivity contribution >= 4 is 40.7 Å². The highest BCUT2D eigenvalue weighted by Crippen LogP contribution is 2.42. The minimum absolute atomic E-state index is 0.0653. The molecule has 0 aromatic heterocycles. The second-order valence-corrected chi connectivity index (χ2v) is 15.7. The van der Waals surface area contributed by atoms with Crippen LogP contribution in [0.2, 0.25) is 0 Å². The second-order valence-electron chi connectivity index (χ2n) is 13.4. The molecule has 1 fully saturated rings. The molecule has 0 unspecified atom stereocenters. The van der Waals surface area contributed by atoms with Gasteiger partial charge in [-0.05, 0) is 47.2 Å². The fraction of sp³-hybridized carbons (Fsp3) is 0.279. The Kier molecular flexibility index (Phi) is 13.5. The molecule has 0 radical (unpaired) electrons. The van der Waals surface area contributed by atoms with E-state index in [0.29, 0.717) is 0 Å². The number of aryl methyl sites for hydroxylation is 2. The Morgan fingerprint density at radius 3 is 1.56 bits per heavy atom. The number of carbonyl (C=O) groups is 1. The SMILES string of the molecule is Cc1ccc(CO[C@@H]2[C@@H](NC(=O)C(Cl)(Cl)Cl)[C@H](N=[N+]=[N-])O[C@H](COC(c3ccccc3)(c3ccccc3)c3ccccc3)[C@H]2OCc2ccc(C)cc2)cc1. The molecule has 284 valence electrons.